The van der Waals surface area contributed by atoms with E-state index in [1.165, 1.54) is 0 Å². The van der Waals surface area contributed by atoms with Gasteiger partial charge >= 0.3 is 0 Å². The van der Waals surface area contributed by atoms with Crippen molar-refractivity contribution >= 4 is 29.5 Å². The minimum atomic E-state index is -0.377. The SMILES string of the molecule is NC(=O)C1CCCCN1c1c(Cl)cccc1C=O. The summed E-state index contributed by atoms with van der Waals surface area (Å²) in [6.45, 7) is 0.693. The van der Waals surface area contributed by atoms with Gasteiger partial charge in [0.2, 0.25) is 5.91 Å². The maximum atomic E-state index is 11.5. The number of para-hydroxylation sites is 1. The summed E-state index contributed by atoms with van der Waals surface area (Å²) in [4.78, 5) is 24.5. The lowest BCUT2D eigenvalue weighted by Gasteiger charge is -2.36. The van der Waals surface area contributed by atoms with E-state index in [1.54, 1.807) is 18.2 Å². The van der Waals surface area contributed by atoms with Crippen molar-refractivity contribution in [2.24, 2.45) is 5.73 Å². The van der Waals surface area contributed by atoms with Gasteiger partial charge in [0.05, 0.1) is 10.7 Å². The Hall–Kier alpha value is -1.55. The molecule has 1 aromatic rings. The van der Waals surface area contributed by atoms with E-state index < -0.39 is 0 Å². The molecular weight excluding hydrogens is 252 g/mol. The van der Waals surface area contributed by atoms with E-state index in [0.717, 1.165) is 19.1 Å². The Labute approximate surface area is 111 Å². The first-order chi connectivity index (χ1) is 8.65. The molecule has 18 heavy (non-hydrogen) atoms. The van der Waals surface area contributed by atoms with Crippen molar-refractivity contribution in [2.75, 3.05) is 11.4 Å². The lowest BCUT2D eigenvalue weighted by atomic mass is 9.99. The second-order valence-corrected chi connectivity index (χ2v) is 4.81. The van der Waals surface area contributed by atoms with E-state index in [2.05, 4.69) is 0 Å². The number of hydrogen-bond donors (Lipinski definition) is 1. The van der Waals surface area contributed by atoms with Gasteiger partial charge in [-0.05, 0) is 31.4 Å². The minimum absolute atomic E-state index is 0.369. The fourth-order valence-corrected chi connectivity index (χ4v) is 2.72. The zero-order chi connectivity index (χ0) is 13.1. The predicted octanol–water partition coefficient (Wildman–Crippen LogP) is 2.00. The highest BCUT2D eigenvalue weighted by Gasteiger charge is 2.29. The summed E-state index contributed by atoms with van der Waals surface area (Å²) in [5.41, 5.74) is 6.54. The average molecular weight is 267 g/mol. The monoisotopic (exact) mass is 266 g/mol. The van der Waals surface area contributed by atoms with Gasteiger partial charge in [-0.25, -0.2) is 0 Å². The van der Waals surface area contributed by atoms with Crippen LogP contribution >= 0.6 is 11.6 Å². The Balaban J connectivity index is 2.45. The van der Waals surface area contributed by atoms with Crippen molar-refractivity contribution in [2.45, 2.75) is 25.3 Å². The van der Waals surface area contributed by atoms with Crippen LogP contribution in [-0.4, -0.2) is 24.8 Å². The molecule has 0 radical (unpaired) electrons. The number of aldehydes is 1. The van der Waals surface area contributed by atoms with Crippen LogP contribution in [0.4, 0.5) is 5.69 Å². The van der Waals surface area contributed by atoms with Crippen LogP contribution in [0.5, 0.6) is 0 Å². The molecule has 1 aliphatic rings. The summed E-state index contributed by atoms with van der Waals surface area (Å²) < 4.78 is 0. The third-order valence-electron chi connectivity index (χ3n) is 3.26. The number of hydrogen-bond acceptors (Lipinski definition) is 3. The number of nitrogens with two attached hydrogens (primary N) is 1. The van der Waals surface area contributed by atoms with Crippen LogP contribution in [0.2, 0.25) is 5.02 Å². The van der Waals surface area contributed by atoms with Crippen LogP contribution in [0.25, 0.3) is 0 Å². The molecule has 1 fully saturated rings. The summed E-state index contributed by atoms with van der Waals surface area (Å²) in [5.74, 6) is -0.369. The molecule has 96 valence electrons. The number of nitrogens with zero attached hydrogens (tertiary/aromatic N) is 1. The van der Waals surface area contributed by atoms with Gasteiger partial charge in [0.1, 0.15) is 6.04 Å². The molecule has 1 atom stereocenters. The maximum absolute atomic E-state index is 11.5. The second kappa shape index (κ2) is 5.40. The normalized spacial score (nSPS) is 19.6. The van der Waals surface area contributed by atoms with Gasteiger partial charge in [0.25, 0.3) is 0 Å². The lowest BCUT2D eigenvalue weighted by Crippen LogP contribution is -2.48. The minimum Gasteiger partial charge on any atom is -0.368 e. The molecule has 0 aromatic heterocycles. The highest BCUT2D eigenvalue weighted by molar-refractivity contribution is 6.34. The number of benzene rings is 1. The number of piperidine rings is 1. The van der Waals surface area contributed by atoms with Crippen molar-refractivity contribution in [3.63, 3.8) is 0 Å². The van der Waals surface area contributed by atoms with E-state index in [0.29, 0.717) is 29.2 Å². The van der Waals surface area contributed by atoms with E-state index in [9.17, 15) is 9.59 Å². The summed E-state index contributed by atoms with van der Waals surface area (Å²) in [6.07, 6.45) is 3.39. The zero-order valence-electron chi connectivity index (χ0n) is 9.93. The fraction of sp³-hybridized carbons (Fsp3) is 0.385. The quantitative estimate of drug-likeness (QED) is 0.851. The number of carbonyl (C=O) groups excluding carboxylic acids is 2. The first-order valence-electron chi connectivity index (χ1n) is 5.95. The Morgan fingerprint density at radius 3 is 2.89 bits per heavy atom. The van der Waals surface area contributed by atoms with Crippen molar-refractivity contribution in [3.8, 4) is 0 Å². The molecule has 4 nitrogen and oxygen atoms in total. The third kappa shape index (κ3) is 2.34. The largest absolute Gasteiger partial charge is 0.368 e. The van der Waals surface area contributed by atoms with Gasteiger partial charge in [-0.3, -0.25) is 9.59 Å². The highest BCUT2D eigenvalue weighted by Crippen LogP contribution is 2.33. The van der Waals surface area contributed by atoms with Crippen molar-refractivity contribution in [3.05, 3.63) is 28.8 Å². The Kier molecular flexibility index (Phi) is 3.87. The number of amides is 1. The molecule has 2 rings (SSSR count). The molecule has 1 saturated heterocycles. The molecule has 1 aliphatic heterocycles. The molecule has 5 heteroatoms. The topological polar surface area (TPSA) is 63.4 Å². The number of rotatable bonds is 3. The van der Waals surface area contributed by atoms with Gasteiger partial charge in [-0.1, -0.05) is 17.7 Å². The zero-order valence-corrected chi connectivity index (χ0v) is 10.7. The summed E-state index contributed by atoms with van der Waals surface area (Å²) >= 11 is 6.16. The number of primary amides is 1. The Bertz CT molecular complexity index is 476. The van der Waals surface area contributed by atoms with E-state index in [4.69, 9.17) is 17.3 Å². The van der Waals surface area contributed by atoms with Crippen LogP contribution in [0.15, 0.2) is 18.2 Å². The number of carbonyl (C=O) groups is 2. The summed E-state index contributed by atoms with van der Waals surface area (Å²) in [6, 6.07) is 4.76. The maximum Gasteiger partial charge on any atom is 0.240 e. The Morgan fingerprint density at radius 1 is 1.44 bits per heavy atom. The molecule has 0 aliphatic carbocycles. The molecule has 1 aromatic carbocycles. The van der Waals surface area contributed by atoms with Gasteiger partial charge in [0.15, 0.2) is 6.29 Å². The second-order valence-electron chi connectivity index (χ2n) is 4.40. The molecule has 2 N–H and O–H groups in total. The van der Waals surface area contributed by atoms with E-state index >= 15 is 0 Å². The Morgan fingerprint density at radius 2 is 2.22 bits per heavy atom. The molecule has 0 spiro atoms. The number of anilines is 1. The van der Waals surface area contributed by atoms with Crippen molar-refractivity contribution in [1.29, 1.82) is 0 Å². The van der Waals surface area contributed by atoms with E-state index in [-0.39, 0.29) is 11.9 Å². The molecular formula is C13H15ClN2O2. The van der Waals surface area contributed by atoms with Gasteiger partial charge < -0.3 is 10.6 Å². The van der Waals surface area contributed by atoms with Crippen molar-refractivity contribution < 1.29 is 9.59 Å². The highest BCUT2D eigenvalue weighted by atomic mass is 35.5. The smallest absolute Gasteiger partial charge is 0.240 e. The molecule has 0 bridgehead atoms. The van der Waals surface area contributed by atoms with E-state index in [1.807, 2.05) is 4.90 Å². The van der Waals surface area contributed by atoms with Gasteiger partial charge in [-0.2, -0.15) is 0 Å². The van der Waals surface area contributed by atoms with Crippen LogP contribution < -0.4 is 10.6 Å². The van der Waals surface area contributed by atoms with Crippen LogP contribution in [0.3, 0.4) is 0 Å². The summed E-state index contributed by atoms with van der Waals surface area (Å²) in [5, 5.41) is 0.479. The molecule has 1 amide bonds. The number of halogens is 1. The van der Waals surface area contributed by atoms with Crippen LogP contribution in [0, 0.1) is 0 Å². The first-order valence-corrected chi connectivity index (χ1v) is 6.32. The third-order valence-corrected chi connectivity index (χ3v) is 3.57. The lowest BCUT2D eigenvalue weighted by molar-refractivity contribution is -0.119. The predicted molar refractivity (Wildman–Crippen MR) is 71.0 cm³/mol. The van der Waals surface area contributed by atoms with Gasteiger partial charge in [-0.15, -0.1) is 0 Å². The van der Waals surface area contributed by atoms with Crippen LogP contribution in [-0.2, 0) is 4.79 Å². The van der Waals surface area contributed by atoms with Crippen LogP contribution in [0.1, 0.15) is 29.6 Å². The first kappa shape index (κ1) is 12.9. The molecule has 1 unspecified atom stereocenters. The fourth-order valence-electron chi connectivity index (χ4n) is 2.43. The summed E-state index contributed by atoms with van der Waals surface area (Å²) in [7, 11) is 0. The van der Waals surface area contributed by atoms with Crippen molar-refractivity contribution in [1.82, 2.24) is 0 Å². The standard InChI is InChI=1S/C13H15ClN2O2/c14-10-5-3-4-9(8-17)12(10)16-7-2-1-6-11(16)13(15)18/h3-5,8,11H,1-2,6-7H2,(H2,15,18). The molecule has 1 heterocycles. The molecule has 0 saturated carbocycles. The van der Waals surface area contributed by atoms with Gasteiger partial charge in [0, 0.05) is 12.1 Å². The average Bonchev–Trinajstić information content (AvgIpc) is 2.38.